The lowest BCUT2D eigenvalue weighted by Gasteiger charge is -2.13. The number of unbranched alkanes of at least 4 members (excludes halogenated alkanes) is 2. The summed E-state index contributed by atoms with van der Waals surface area (Å²) in [6.45, 7) is 2.61. The summed E-state index contributed by atoms with van der Waals surface area (Å²) in [5.41, 5.74) is 0. The molecule has 6 nitrogen and oxygen atoms in total. The van der Waals surface area contributed by atoms with Gasteiger partial charge in [0.05, 0.1) is 0 Å². The minimum Gasteiger partial charge on any atom is -0.356 e. The largest absolute Gasteiger partial charge is 0.356 e. The van der Waals surface area contributed by atoms with Crippen molar-refractivity contribution in [1.82, 2.24) is 10.2 Å². The van der Waals surface area contributed by atoms with Gasteiger partial charge in [-0.15, -0.1) is 0 Å². The molecule has 0 aromatic heterocycles. The van der Waals surface area contributed by atoms with E-state index in [1.807, 2.05) is 6.92 Å². The Morgan fingerprint density at radius 3 is 2.33 bits per heavy atom. The van der Waals surface area contributed by atoms with Gasteiger partial charge in [-0.05, 0) is 12.8 Å². The van der Waals surface area contributed by atoms with Crippen molar-refractivity contribution in [1.29, 1.82) is 0 Å². The molecule has 0 radical (unpaired) electrons. The first-order valence-electron chi connectivity index (χ1n) is 7.66. The molecule has 1 aliphatic heterocycles. The van der Waals surface area contributed by atoms with E-state index < -0.39 is 0 Å². The Morgan fingerprint density at radius 1 is 1.05 bits per heavy atom. The Hall–Kier alpha value is -1.72. The number of likely N-dealkylation sites (tertiary alicyclic amines) is 1. The summed E-state index contributed by atoms with van der Waals surface area (Å²) in [6.07, 6.45) is 4.49. The monoisotopic (exact) mass is 296 g/mol. The van der Waals surface area contributed by atoms with Crippen LogP contribution in [0.15, 0.2) is 0 Å². The number of rotatable bonds is 10. The SMILES string of the molecule is CCC(=O)CCCCCNC(=O)CCN1C(=O)CCC1=O. The summed E-state index contributed by atoms with van der Waals surface area (Å²) in [4.78, 5) is 46.5. The van der Waals surface area contributed by atoms with E-state index in [9.17, 15) is 19.2 Å². The number of hydrogen-bond donors (Lipinski definition) is 1. The first-order chi connectivity index (χ1) is 10.0. The molecule has 1 heterocycles. The van der Waals surface area contributed by atoms with Crippen molar-refractivity contribution in [2.24, 2.45) is 0 Å². The molecule has 21 heavy (non-hydrogen) atoms. The topological polar surface area (TPSA) is 83.6 Å². The van der Waals surface area contributed by atoms with Crippen LogP contribution in [-0.2, 0) is 19.2 Å². The number of ketones is 1. The molecule has 6 heteroatoms. The summed E-state index contributed by atoms with van der Waals surface area (Å²) < 4.78 is 0. The van der Waals surface area contributed by atoms with E-state index in [-0.39, 0.29) is 49.3 Å². The number of amides is 3. The second kappa shape index (κ2) is 9.26. The fraction of sp³-hybridized carbons (Fsp3) is 0.733. The van der Waals surface area contributed by atoms with Crippen molar-refractivity contribution < 1.29 is 19.2 Å². The van der Waals surface area contributed by atoms with Crippen molar-refractivity contribution >= 4 is 23.5 Å². The Morgan fingerprint density at radius 2 is 1.71 bits per heavy atom. The van der Waals surface area contributed by atoms with Gasteiger partial charge in [-0.1, -0.05) is 13.3 Å². The van der Waals surface area contributed by atoms with Crippen LogP contribution in [0.5, 0.6) is 0 Å². The minimum absolute atomic E-state index is 0.146. The lowest BCUT2D eigenvalue weighted by Crippen LogP contribution is -2.34. The van der Waals surface area contributed by atoms with Crippen molar-refractivity contribution in [3.05, 3.63) is 0 Å². The number of imide groups is 1. The lowest BCUT2D eigenvalue weighted by atomic mass is 10.1. The van der Waals surface area contributed by atoms with Crippen molar-refractivity contribution in [3.63, 3.8) is 0 Å². The molecular formula is C15H24N2O4. The predicted octanol–water partition coefficient (Wildman–Crippen LogP) is 1.18. The number of carbonyl (C=O) groups is 4. The molecule has 1 N–H and O–H groups in total. The van der Waals surface area contributed by atoms with Crippen LogP contribution in [0.2, 0.25) is 0 Å². The fourth-order valence-electron chi connectivity index (χ4n) is 2.20. The van der Waals surface area contributed by atoms with E-state index in [0.29, 0.717) is 19.4 Å². The molecule has 0 atom stereocenters. The quantitative estimate of drug-likeness (QED) is 0.485. The average molecular weight is 296 g/mol. The first kappa shape index (κ1) is 17.3. The third kappa shape index (κ3) is 6.51. The second-order valence-electron chi connectivity index (χ2n) is 5.24. The maximum Gasteiger partial charge on any atom is 0.229 e. The van der Waals surface area contributed by atoms with Crippen molar-refractivity contribution in [2.75, 3.05) is 13.1 Å². The predicted molar refractivity (Wildman–Crippen MR) is 77.3 cm³/mol. The number of Topliss-reactive ketones (excluding diaryl/α,β-unsaturated/α-hetero) is 1. The third-order valence-electron chi connectivity index (χ3n) is 3.57. The summed E-state index contributed by atoms with van der Waals surface area (Å²) in [7, 11) is 0. The zero-order valence-electron chi connectivity index (χ0n) is 12.7. The van der Waals surface area contributed by atoms with Crippen LogP contribution in [0.25, 0.3) is 0 Å². The molecule has 0 aromatic rings. The van der Waals surface area contributed by atoms with Crippen LogP contribution in [0.1, 0.15) is 58.3 Å². The van der Waals surface area contributed by atoms with Gasteiger partial charge in [-0.25, -0.2) is 0 Å². The zero-order valence-corrected chi connectivity index (χ0v) is 12.7. The molecule has 0 spiro atoms. The maximum absolute atomic E-state index is 11.6. The number of carbonyl (C=O) groups excluding carboxylic acids is 4. The highest BCUT2D eigenvalue weighted by Gasteiger charge is 2.28. The zero-order chi connectivity index (χ0) is 15.7. The van der Waals surface area contributed by atoms with Crippen LogP contribution in [0, 0.1) is 0 Å². The van der Waals surface area contributed by atoms with Crippen LogP contribution in [0.4, 0.5) is 0 Å². The number of nitrogens with one attached hydrogen (secondary N) is 1. The molecule has 0 unspecified atom stereocenters. The summed E-state index contributed by atoms with van der Waals surface area (Å²) in [5.74, 6) is -0.243. The minimum atomic E-state index is -0.187. The van der Waals surface area contributed by atoms with Gasteiger partial charge in [0, 0.05) is 45.2 Å². The molecule has 0 aliphatic carbocycles. The third-order valence-corrected chi connectivity index (χ3v) is 3.57. The molecule has 1 saturated heterocycles. The van der Waals surface area contributed by atoms with E-state index in [4.69, 9.17) is 0 Å². The maximum atomic E-state index is 11.6. The van der Waals surface area contributed by atoms with Crippen LogP contribution in [0.3, 0.4) is 0 Å². The standard InChI is InChI=1S/C15H24N2O4/c1-2-12(18)6-4-3-5-10-16-13(19)9-11-17-14(20)7-8-15(17)21/h2-11H2,1H3,(H,16,19). The lowest BCUT2D eigenvalue weighted by molar-refractivity contribution is -0.138. The summed E-state index contributed by atoms with van der Waals surface area (Å²) in [5, 5.41) is 2.77. The molecule has 0 aromatic carbocycles. The van der Waals surface area contributed by atoms with Crippen LogP contribution >= 0.6 is 0 Å². The second-order valence-corrected chi connectivity index (χ2v) is 5.24. The van der Waals surface area contributed by atoms with Crippen LogP contribution in [-0.4, -0.2) is 41.5 Å². The van der Waals surface area contributed by atoms with Crippen molar-refractivity contribution in [3.8, 4) is 0 Å². The summed E-state index contributed by atoms with van der Waals surface area (Å²) >= 11 is 0. The van der Waals surface area contributed by atoms with Gasteiger partial charge in [0.25, 0.3) is 0 Å². The normalized spacial score (nSPS) is 14.6. The van der Waals surface area contributed by atoms with Gasteiger partial charge < -0.3 is 5.32 Å². The highest BCUT2D eigenvalue weighted by atomic mass is 16.2. The smallest absolute Gasteiger partial charge is 0.229 e. The van der Waals surface area contributed by atoms with Gasteiger partial charge in [0.2, 0.25) is 17.7 Å². The van der Waals surface area contributed by atoms with Crippen LogP contribution < -0.4 is 5.32 Å². The fourth-order valence-corrected chi connectivity index (χ4v) is 2.20. The molecule has 0 saturated carbocycles. The molecule has 118 valence electrons. The van der Waals surface area contributed by atoms with Crippen molar-refractivity contribution in [2.45, 2.75) is 58.3 Å². The Labute approximate surface area is 125 Å². The molecule has 1 rings (SSSR count). The molecule has 0 bridgehead atoms. The van der Waals surface area contributed by atoms with E-state index in [2.05, 4.69) is 5.32 Å². The molecule has 1 aliphatic rings. The van der Waals surface area contributed by atoms with E-state index >= 15 is 0 Å². The van der Waals surface area contributed by atoms with E-state index in [1.54, 1.807) is 0 Å². The number of hydrogen-bond acceptors (Lipinski definition) is 4. The van der Waals surface area contributed by atoms with Gasteiger partial charge in [0.1, 0.15) is 5.78 Å². The molecular weight excluding hydrogens is 272 g/mol. The van der Waals surface area contributed by atoms with Gasteiger partial charge in [-0.2, -0.15) is 0 Å². The van der Waals surface area contributed by atoms with E-state index in [0.717, 1.165) is 24.2 Å². The molecule has 3 amide bonds. The van der Waals surface area contributed by atoms with Gasteiger partial charge in [-0.3, -0.25) is 24.1 Å². The highest BCUT2D eigenvalue weighted by molar-refractivity contribution is 6.02. The summed E-state index contributed by atoms with van der Waals surface area (Å²) in [6, 6.07) is 0. The average Bonchev–Trinajstić information content (AvgIpc) is 2.79. The Kier molecular flexibility index (Phi) is 7.64. The first-order valence-corrected chi connectivity index (χ1v) is 7.66. The highest BCUT2D eigenvalue weighted by Crippen LogP contribution is 2.11. The van der Waals surface area contributed by atoms with E-state index in [1.165, 1.54) is 0 Å². The Bertz CT molecular complexity index is 390. The van der Waals surface area contributed by atoms with Gasteiger partial charge >= 0.3 is 0 Å². The molecule has 1 fully saturated rings. The Balaban J connectivity index is 2.03. The van der Waals surface area contributed by atoms with Gasteiger partial charge in [0.15, 0.2) is 0 Å². The number of nitrogens with zero attached hydrogens (tertiary/aromatic N) is 1.